The van der Waals surface area contributed by atoms with Gasteiger partial charge < -0.3 is 9.84 Å². The van der Waals surface area contributed by atoms with Crippen molar-refractivity contribution in [2.45, 2.75) is 11.8 Å². The van der Waals surface area contributed by atoms with E-state index < -0.39 is 23.3 Å². The molecule has 0 saturated carbocycles. The van der Waals surface area contributed by atoms with Gasteiger partial charge in [0.15, 0.2) is 0 Å². The number of alkyl halides is 3. The van der Waals surface area contributed by atoms with Crippen LogP contribution >= 0.6 is 23.2 Å². The van der Waals surface area contributed by atoms with Crippen molar-refractivity contribution < 1.29 is 27.8 Å². The Balaban J connectivity index is 3.58. The maximum Gasteiger partial charge on any atom is 0.432 e. The van der Waals surface area contributed by atoms with Gasteiger partial charge in [-0.05, 0) is 18.2 Å². The van der Waals surface area contributed by atoms with Gasteiger partial charge in [0.1, 0.15) is 0 Å². The van der Waals surface area contributed by atoms with Crippen LogP contribution in [0.25, 0.3) is 0 Å². The monoisotopic (exact) mass is 302 g/mol. The van der Waals surface area contributed by atoms with E-state index in [1.165, 1.54) is 6.07 Å². The molecule has 8 heteroatoms. The first-order valence-corrected chi connectivity index (χ1v) is 5.22. The molecule has 0 aromatic heterocycles. The Morgan fingerprint density at radius 1 is 1.22 bits per heavy atom. The van der Waals surface area contributed by atoms with Crippen LogP contribution in [0.3, 0.4) is 0 Å². The van der Waals surface area contributed by atoms with E-state index in [1.807, 2.05) is 0 Å². The van der Waals surface area contributed by atoms with Crippen LogP contribution in [0.2, 0.25) is 10.0 Å². The summed E-state index contributed by atoms with van der Waals surface area (Å²) in [5.74, 6) is -2.20. The Labute approximate surface area is 110 Å². The number of methoxy groups -OCH3 is 1. The lowest BCUT2D eigenvalue weighted by atomic mass is 9.93. The Morgan fingerprint density at radius 3 is 1.94 bits per heavy atom. The van der Waals surface area contributed by atoms with Gasteiger partial charge in [0, 0.05) is 22.7 Å². The van der Waals surface area contributed by atoms with Crippen LogP contribution in [0.1, 0.15) is 5.56 Å². The molecule has 0 aliphatic carbocycles. The third-order valence-electron chi connectivity index (χ3n) is 2.28. The molecule has 1 aromatic rings. The van der Waals surface area contributed by atoms with Crippen LogP contribution in [0.15, 0.2) is 18.2 Å². The second-order valence-corrected chi connectivity index (χ2v) is 4.22. The second-order valence-electron chi connectivity index (χ2n) is 3.35. The first-order valence-electron chi connectivity index (χ1n) is 4.47. The number of halogens is 5. The molecule has 0 saturated heterocycles. The van der Waals surface area contributed by atoms with Crippen LogP contribution in [0.5, 0.6) is 0 Å². The molecule has 0 aliphatic heterocycles. The predicted octanol–water partition coefficient (Wildman–Crippen LogP) is 3.48. The van der Waals surface area contributed by atoms with Crippen LogP contribution in [0.4, 0.5) is 13.2 Å². The molecule has 3 nitrogen and oxygen atoms in total. The van der Waals surface area contributed by atoms with Gasteiger partial charge in [-0.15, -0.1) is 0 Å². The lowest BCUT2D eigenvalue weighted by molar-refractivity contribution is -0.273. The normalized spacial score (nSPS) is 15.2. The van der Waals surface area contributed by atoms with E-state index in [2.05, 4.69) is 4.74 Å². The number of carbonyl (C=O) groups is 1. The van der Waals surface area contributed by atoms with Gasteiger partial charge in [0.2, 0.25) is 0 Å². The van der Waals surface area contributed by atoms with Crippen LogP contribution < -0.4 is 0 Å². The summed E-state index contributed by atoms with van der Waals surface area (Å²) in [6.45, 7) is 0. The third-order valence-corrected chi connectivity index (χ3v) is 2.71. The average Bonchev–Trinajstić information content (AvgIpc) is 2.14. The molecule has 0 bridgehead atoms. The number of hydrogen-bond acceptors (Lipinski definition) is 2. The molecule has 100 valence electrons. The topological polar surface area (TPSA) is 46.5 Å². The number of ether oxygens (including phenoxy) is 1. The maximum absolute atomic E-state index is 13.0. The van der Waals surface area contributed by atoms with Crippen molar-refractivity contribution in [1.82, 2.24) is 0 Å². The van der Waals surface area contributed by atoms with Gasteiger partial charge in [0.05, 0.1) is 0 Å². The fourth-order valence-corrected chi connectivity index (χ4v) is 2.01. The molecule has 0 fully saturated rings. The molecule has 0 aliphatic rings. The van der Waals surface area contributed by atoms with Crippen molar-refractivity contribution in [3.8, 4) is 0 Å². The minimum Gasteiger partial charge on any atom is -0.479 e. The summed E-state index contributed by atoms with van der Waals surface area (Å²) < 4.78 is 43.2. The molecule has 0 amide bonds. The third kappa shape index (κ3) is 2.41. The highest BCUT2D eigenvalue weighted by Crippen LogP contribution is 2.43. The molecule has 1 N–H and O–H groups in total. The van der Waals surface area contributed by atoms with E-state index in [0.717, 1.165) is 12.1 Å². The number of rotatable bonds is 3. The quantitative estimate of drug-likeness (QED) is 0.930. The number of hydrogen-bond donors (Lipinski definition) is 1. The fourth-order valence-electron chi connectivity index (χ4n) is 1.49. The lowest BCUT2D eigenvalue weighted by Crippen LogP contribution is -2.50. The summed E-state index contributed by atoms with van der Waals surface area (Å²) in [6.07, 6.45) is -5.17. The molecule has 0 radical (unpaired) electrons. The van der Waals surface area contributed by atoms with Crippen molar-refractivity contribution >= 4 is 29.2 Å². The number of benzene rings is 1. The van der Waals surface area contributed by atoms with Crippen LogP contribution in [-0.4, -0.2) is 24.4 Å². The summed E-state index contributed by atoms with van der Waals surface area (Å²) in [5.41, 5.74) is -4.19. The van der Waals surface area contributed by atoms with Crippen molar-refractivity contribution in [2.75, 3.05) is 7.11 Å². The molecular weight excluding hydrogens is 296 g/mol. The van der Waals surface area contributed by atoms with E-state index in [9.17, 15) is 18.0 Å². The first-order chi connectivity index (χ1) is 8.15. The molecule has 0 spiro atoms. The molecule has 1 aromatic carbocycles. The van der Waals surface area contributed by atoms with Crippen molar-refractivity contribution in [3.05, 3.63) is 33.8 Å². The average molecular weight is 303 g/mol. The molecule has 1 unspecified atom stereocenters. The Morgan fingerprint density at radius 2 is 1.67 bits per heavy atom. The minimum absolute atomic E-state index is 0.121. The second kappa shape index (κ2) is 4.95. The minimum atomic E-state index is -5.17. The van der Waals surface area contributed by atoms with Gasteiger partial charge in [0.25, 0.3) is 5.60 Å². The number of carboxylic acid groups (broad SMARTS) is 1. The summed E-state index contributed by atoms with van der Waals surface area (Å²) in [4.78, 5) is 11.0. The highest BCUT2D eigenvalue weighted by Gasteiger charge is 2.63. The van der Waals surface area contributed by atoms with E-state index in [0.29, 0.717) is 7.11 Å². The fraction of sp³-hybridized carbons (Fsp3) is 0.300. The summed E-state index contributed by atoms with van der Waals surface area (Å²) in [6, 6.07) is 2.88. The van der Waals surface area contributed by atoms with Gasteiger partial charge in [-0.2, -0.15) is 13.2 Å². The molecule has 1 atom stereocenters. The standard InChI is InChI=1S/C10H7Cl2F3O3/c1-18-9(8(16)17,10(13,14)15)5-2-6(11)4-7(12)3-5/h2-4H,1H3,(H,16,17). The van der Waals surface area contributed by atoms with Gasteiger partial charge in [-0.3, -0.25) is 0 Å². The van der Waals surface area contributed by atoms with E-state index in [4.69, 9.17) is 28.3 Å². The highest BCUT2D eigenvalue weighted by molar-refractivity contribution is 6.34. The lowest BCUT2D eigenvalue weighted by Gasteiger charge is -2.30. The maximum atomic E-state index is 13.0. The summed E-state index contributed by atoms with van der Waals surface area (Å²) >= 11 is 11.1. The van der Waals surface area contributed by atoms with Gasteiger partial charge in [-0.25, -0.2) is 4.79 Å². The Kier molecular flexibility index (Phi) is 4.15. The van der Waals surface area contributed by atoms with Crippen LogP contribution in [-0.2, 0) is 15.1 Å². The zero-order chi connectivity index (χ0) is 14.1. The van der Waals surface area contributed by atoms with Crippen molar-refractivity contribution in [3.63, 3.8) is 0 Å². The predicted molar refractivity (Wildman–Crippen MR) is 58.8 cm³/mol. The molecule has 0 heterocycles. The van der Waals surface area contributed by atoms with E-state index >= 15 is 0 Å². The SMILES string of the molecule is COC(C(=O)O)(c1cc(Cl)cc(Cl)c1)C(F)(F)F. The highest BCUT2D eigenvalue weighted by atomic mass is 35.5. The Hall–Kier alpha value is -0.980. The first kappa shape index (κ1) is 15.1. The van der Waals surface area contributed by atoms with E-state index in [-0.39, 0.29) is 10.0 Å². The van der Waals surface area contributed by atoms with Gasteiger partial charge >= 0.3 is 12.1 Å². The molecule has 18 heavy (non-hydrogen) atoms. The number of carboxylic acids is 1. The van der Waals surface area contributed by atoms with Gasteiger partial charge in [-0.1, -0.05) is 23.2 Å². The summed E-state index contributed by atoms with van der Waals surface area (Å²) in [7, 11) is 0.649. The zero-order valence-corrected chi connectivity index (χ0v) is 10.4. The smallest absolute Gasteiger partial charge is 0.432 e. The Bertz CT molecular complexity index is 456. The molecule has 1 rings (SSSR count). The zero-order valence-electron chi connectivity index (χ0n) is 8.89. The van der Waals surface area contributed by atoms with E-state index in [1.54, 1.807) is 0 Å². The van der Waals surface area contributed by atoms with Crippen molar-refractivity contribution in [2.24, 2.45) is 0 Å². The largest absolute Gasteiger partial charge is 0.479 e. The number of aliphatic carboxylic acids is 1. The summed E-state index contributed by atoms with van der Waals surface area (Å²) in [5, 5.41) is 8.62. The van der Waals surface area contributed by atoms with Crippen molar-refractivity contribution in [1.29, 1.82) is 0 Å². The molecular formula is C10H7Cl2F3O3. The van der Waals surface area contributed by atoms with Crippen LogP contribution in [0, 0.1) is 0 Å².